The van der Waals surface area contributed by atoms with Gasteiger partial charge in [-0.05, 0) is 31.9 Å². The van der Waals surface area contributed by atoms with Crippen LogP contribution in [0.1, 0.15) is 69.1 Å². The Kier molecular flexibility index (Phi) is 6.36. The molecular weight excluding hydrogens is 262 g/mol. The van der Waals surface area contributed by atoms with E-state index in [0.29, 0.717) is 12.0 Å². The van der Waals surface area contributed by atoms with Gasteiger partial charge in [0.05, 0.1) is 17.3 Å². The highest BCUT2D eigenvalue weighted by Crippen LogP contribution is 2.30. The summed E-state index contributed by atoms with van der Waals surface area (Å²) in [6.45, 7) is 10.6. The van der Waals surface area contributed by atoms with Crippen molar-refractivity contribution in [1.29, 1.82) is 5.26 Å². The first-order chi connectivity index (χ1) is 10.1. The predicted molar refractivity (Wildman–Crippen MR) is 83.8 cm³/mol. The molecule has 0 aromatic carbocycles. The summed E-state index contributed by atoms with van der Waals surface area (Å²) < 4.78 is 0. The highest BCUT2D eigenvalue weighted by molar-refractivity contribution is 5.77. The van der Waals surface area contributed by atoms with Gasteiger partial charge in [0.15, 0.2) is 0 Å². The molecule has 1 aliphatic rings. The Morgan fingerprint density at radius 1 is 1.52 bits per heavy atom. The lowest BCUT2D eigenvalue weighted by atomic mass is 9.95. The number of nitrogens with zero attached hydrogens (tertiary/aromatic N) is 3. The zero-order valence-corrected chi connectivity index (χ0v) is 13.7. The van der Waals surface area contributed by atoms with Crippen LogP contribution in [-0.2, 0) is 11.2 Å². The van der Waals surface area contributed by atoms with Crippen molar-refractivity contribution in [2.45, 2.75) is 59.9 Å². The number of aromatic nitrogens is 1. The van der Waals surface area contributed by atoms with Crippen molar-refractivity contribution in [1.82, 2.24) is 9.88 Å². The van der Waals surface area contributed by atoms with Gasteiger partial charge in [0, 0.05) is 25.1 Å². The van der Waals surface area contributed by atoms with Crippen LogP contribution in [-0.4, -0.2) is 22.3 Å². The number of carbonyl (C=O) groups excluding carboxylic acids is 1. The Morgan fingerprint density at radius 3 is 2.76 bits per heavy atom. The van der Waals surface area contributed by atoms with E-state index >= 15 is 0 Å². The number of hydrogen-bond donors (Lipinski definition) is 0. The van der Waals surface area contributed by atoms with Gasteiger partial charge in [-0.15, -0.1) is 0 Å². The molecule has 1 amide bonds. The first kappa shape index (κ1) is 17.2. The summed E-state index contributed by atoms with van der Waals surface area (Å²) >= 11 is 0. The van der Waals surface area contributed by atoms with Crippen molar-refractivity contribution in [2.75, 3.05) is 6.54 Å². The predicted octanol–water partition coefficient (Wildman–Crippen LogP) is 3.53. The second-order valence-corrected chi connectivity index (χ2v) is 5.03. The molecule has 1 atom stereocenters. The van der Waals surface area contributed by atoms with Gasteiger partial charge in [0.25, 0.3) is 0 Å². The lowest BCUT2D eigenvalue weighted by Crippen LogP contribution is -2.39. The summed E-state index contributed by atoms with van der Waals surface area (Å²) in [4.78, 5) is 18.5. The molecule has 0 saturated heterocycles. The number of nitriles is 1. The second-order valence-electron chi connectivity index (χ2n) is 5.03. The number of carbonyl (C=O) groups is 1. The van der Waals surface area contributed by atoms with Crippen LogP contribution in [0.3, 0.4) is 0 Å². The van der Waals surface area contributed by atoms with Crippen molar-refractivity contribution in [3.63, 3.8) is 0 Å². The Labute approximate surface area is 127 Å². The van der Waals surface area contributed by atoms with Crippen molar-refractivity contribution in [3.8, 4) is 6.07 Å². The molecule has 0 N–H and O–H groups in total. The Morgan fingerprint density at radius 2 is 2.19 bits per heavy atom. The minimum atomic E-state index is 0.0167. The van der Waals surface area contributed by atoms with Crippen LogP contribution < -0.4 is 0 Å². The Balaban J connectivity index is 0.00000106. The molecule has 4 heteroatoms. The molecule has 4 nitrogen and oxygen atoms in total. The first-order valence-electron chi connectivity index (χ1n) is 7.78. The summed E-state index contributed by atoms with van der Waals surface area (Å²) in [6, 6.07) is 4.08. The average molecular weight is 287 g/mol. The summed E-state index contributed by atoms with van der Waals surface area (Å²) in [5, 5.41) is 9.10. The van der Waals surface area contributed by atoms with Crippen LogP contribution in [0.2, 0.25) is 0 Å². The quantitative estimate of drug-likeness (QED) is 0.836. The van der Waals surface area contributed by atoms with Crippen molar-refractivity contribution in [2.24, 2.45) is 0 Å². The molecule has 0 bridgehead atoms. The zero-order valence-electron chi connectivity index (χ0n) is 13.7. The molecule has 1 aromatic heterocycles. The molecule has 2 heterocycles. The number of fused-ring (bicyclic) bond motifs is 1. The maximum Gasteiger partial charge on any atom is 0.223 e. The van der Waals surface area contributed by atoms with Crippen LogP contribution in [0.4, 0.5) is 0 Å². The summed E-state index contributed by atoms with van der Waals surface area (Å²) in [5.41, 5.74) is 3.44. The molecule has 0 spiro atoms. The van der Waals surface area contributed by atoms with Gasteiger partial charge in [0.1, 0.15) is 6.07 Å². The molecular formula is C17H25N3O. The normalized spacial score (nSPS) is 16.4. The van der Waals surface area contributed by atoms with E-state index in [9.17, 15) is 4.79 Å². The second kappa shape index (κ2) is 7.78. The number of hydrogen-bond acceptors (Lipinski definition) is 3. The molecule has 1 aliphatic heterocycles. The van der Waals surface area contributed by atoms with E-state index < -0.39 is 0 Å². The molecule has 21 heavy (non-hydrogen) atoms. The molecule has 0 saturated carbocycles. The lowest BCUT2D eigenvalue weighted by Gasteiger charge is -2.35. The molecule has 114 valence electrons. The summed E-state index contributed by atoms with van der Waals surface area (Å²) in [5.74, 6) is 0.194. The lowest BCUT2D eigenvalue weighted by molar-refractivity contribution is -0.133. The smallest absolute Gasteiger partial charge is 0.223 e. The van der Waals surface area contributed by atoms with Gasteiger partial charge >= 0.3 is 0 Å². The third-order valence-electron chi connectivity index (χ3n) is 3.74. The Hall–Kier alpha value is -1.89. The zero-order chi connectivity index (χ0) is 16.0. The van der Waals surface area contributed by atoms with Gasteiger partial charge < -0.3 is 4.90 Å². The van der Waals surface area contributed by atoms with Crippen LogP contribution in [0.25, 0.3) is 0 Å². The van der Waals surface area contributed by atoms with Crippen molar-refractivity contribution < 1.29 is 4.79 Å². The largest absolute Gasteiger partial charge is 0.335 e. The maximum absolute atomic E-state index is 12.1. The van der Waals surface area contributed by atoms with Gasteiger partial charge in [-0.3, -0.25) is 9.78 Å². The molecule has 1 unspecified atom stereocenters. The van der Waals surface area contributed by atoms with Crippen LogP contribution in [0.15, 0.2) is 6.07 Å². The SMILES string of the molecule is CC.CCCC(=O)N1CCc2nc(C)c(C#N)cc2C1C. The third kappa shape index (κ3) is 3.60. The number of rotatable bonds is 2. The minimum Gasteiger partial charge on any atom is -0.335 e. The Bertz CT molecular complexity index is 546. The minimum absolute atomic E-state index is 0.0167. The first-order valence-corrected chi connectivity index (χ1v) is 7.78. The standard InChI is InChI=1S/C15H19N3O.C2H6/c1-4-5-15(19)18-7-6-14-13(11(18)3)8-12(9-16)10(2)17-14;1-2/h8,11H,4-7H2,1-3H3;1-2H3. The van der Waals surface area contributed by atoms with Crippen LogP contribution in [0.5, 0.6) is 0 Å². The molecule has 0 fully saturated rings. The maximum atomic E-state index is 12.1. The fraction of sp³-hybridized carbons (Fsp3) is 0.588. The monoisotopic (exact) mass is 287 g/mol. The van der Waals surface area contributed by atoms with Gasteiger partial charge in [0.2, 0.25) is 5.91 Å². The number of pyridine rings is 1. The molecule has 0 radical (unpaired) electrons. The van der Waals surface area contributed by atoms with E-state index in [-0.39, 0.29) is 11.9 Å². The fourth-order valence-electron chi connectivity index (χ4n) is 2.63. The van der Waals surface area contributed by atoms with Gasteiger partial charge in [-0.2, -0.15) is 5.26 Å². The van der Waals surface area contributed by atoms with E-state index in [1.165, 1.54) is 0 Å². The van der Waals surface area contributed by atoms with E-state index in [1.807, 2.05) is 45.6 Å². The van der Waals surface area contributed by atoms with Gasteiger partial charge in [-0.1, -0.05) is 20.8 Å². The highest BCUT2D eigenvalue weighted by atomic mass is 16.2. The highest BCUT2D eigenvalue weighted by Gasteiger charge is 2.28. The number of amides is 1. The van der Waals surface area contributed by atoms with E-state index in [4.69, 9.17) is 5.26 Å². The van der Waals surface area contributed by atoms with E-state index in [0.717, 1.165) is 36.3 Å². The van der Waals surface area contributed by atoms with Gasteiger partial charge in [-0.25, -0.2) is 0 Å². The fourth-order valence-corrected chi connectivity index (χ4v) is 2.63. The topological polar surface area (TPSA) is 57.0 Å². The van der Waals surface area contributed by atoms with E-state index in [2.05, 4.69) is 11.1 Å². The number of aryl methyl sites for hydroxylation is 1. The summed E-state index contributed by atoms with van der Waals surface area (Å²) in [6.07, 6.45) is 2.23. The van der Waals surface area contributed by atoms with E-state index in [1.54, 1.807) is 0 Å². The molecule has 1 aromatic rings. The van der Waals surface area contributed by atoms with Crippen molar-refractivity contribution in [3.05, 3.63) is 28.6 Å². The molecule has 2 rings (SSSR count). The van der Waals surface area contributed by atoms with Crippen LogP contribution >= 0.6 is 0 Å². The third-order valence-corrected chi connectivity index (χ3v) is 3.74. The molecule has 0 aliphatic carbocycles. The average Bonchev–Trinajstić information content (AvgIpc) is 2.49. The van der Waals surface area contributed by atoms with Crippen molar-refractivity contribution >= 4 is 5.91 Å². The van der Waals surface area contributed by atoms with Crippen LogP contribution in [0, 0.1) is 18.3 Å². The summed E-state index contributed by atoms with van der Waals surface area (Å²) in [7, 11) is 0.